The van der Waals surface area contributed by atoms with Gasteiger partial charge in [0, 0.05) is 26.0 Å². The molecule has 7 nitrogen and oxygen atoms in total. The Morgan fingerprint density at radius 2 is 1.73 bits per heavy atom. The Kier molecular flexibility index (Phi) is 9.99. The van der Waals surface area contributed by atoms with Crippen molar-refractivity contribution in [1.82, 2.24) is 20.4 Å². The van der Waals surface area contributed by atoms with Gasteiger partial charge in [-0.05, 0) is 41.5 Å². The van der Waals surface area contributed by atoms with Crippen LogP contribution in [0.5, 0.6) is 11.5 Å². The number of ether oxygens (including phenoxy) is 2. The third kappa shape index (κ3) is 7.25. The van der Waals surface area contributed by atoms with Crippen molar-refractivity contribution < 1.29 is 9.47 Å². The first-order chi connectivity index (χ1) is 14.3. The summed E-state index contributed by atoms with van der Waals surface area (Å²) in [6, 6.07) is 17.8. The van der Waals surface area contributed by atoms with Crippen LogP contribution in [0.15, 0.2) is 72.0 Å². The van der Waals surface area contributed by atoms with Crippen LogP contribution in [-0.2, 0) is 13.1 Å². The lowest BCUT2D eigenvalue weighted by atomic mass is 10.1. The van der Waals surface area contributed by atoms with Gasteiger partial charge in [0.25, 0.3) is 0 Å². The molecule has 0 fully saturated rings. The van der Waals surface area contributed by atoms with E-state index in [9.17, 15) is 0 Å². The maximum absolute atomic E-state index is 5.73. The second-order valence-electron chi connectivity index (χ2n) is 6.35. The maximum Gasteiger partial charge on any atom is 0.191 e. The molecule has 0 amide bonds. The van der Waals surface area contributed by atoms with Crippen LogP contribution in [0.2, 0.25) is 0 Å². The summed E-state index contributed by atoms with van der Waals surface area (Å²) >= 11 is 0. The highest BCUT2D eigenvalue weighted by atomic mass is 127. The van der Waals surface area contributed by atoms with E-state index in [0.717, 1.165) is 24.0 Å². The first-order valence-electron chi connectivity index (χ1n) is 9.54. The summed E-state index contributed by atoms with van der Waals surface area (Å²) in [7, 11) is 3.41. The molecule has 0 radical (unpaired) electrons. The van der Waals surface area contributed by atoms with Crippen LogP contribution in [0, 0.1) is 0 Å². The SMILES string of the molecule is CN=C(NCCOc1ccc(OC)cc1)NCc1ccccc1Cn1cccn1.I. The highest BCUT2D eigenvalue weighted by Crippen LogP contribution is 2.16. The van der Waals surface area contributed by atoms with Crippen molar-refractivity contribution in [1.29, 1.82) is 0 Å². The number of nitrogens with zero attached hydrogens (tertiary/aromatic N) is 3. The number of rotatable bonds is 9. The highest BCUT2D eigenvalue weighted by molar-refractivity contribution is 14.0. The minimum Gasteiger partial charge on any atom is -0.497 e. The molecule has 3 rings (SSSR count). The lowest BCUT2D eigenvalue weighted by molar-refractivity contribution is 0.321. The summed E-state index contributed by atoms with van der Waals surface area (Å²) in [5, 5.41) is 10.9. The molecule has 0 spiro atoms. The molecular formula is C22H28IN5O2. The number of aromatic nitrogens is 2. The Morgan fingerprint density at radius 3 is 2.40 bits per heavy atom. The molecule has 3 aromatic rings. The van der Waals surface area contributed by atoms with Gasteiger partial charge in [-0.15, -0.1) is 24.0 Å². The Hall–Kier alpha value is -2.75. The van der Waals surface area contributed by atoms with Gasteiger partial charge < -0.3 is 20.1 Å². The van der Waals surface area contributed by atoms with E-state index < -0.39 is 0 Å². The van der Waals surface area contributed by atoms with Gasteiger partial charge in [0.1, 0.15) is 18.1 Å². The van der Waals surface area contributed by atoms with Gasteiger partial charge in [0.05, 0.1) is 20.2 Å². The molecule has 0 atom stereocenters. The van der Waals surface area contributed by atoms with Crippen LogP contribution in [-0.4, -0.2) is 43.0 Å². The molecule has 0 aliphatic carbocycles. The lowest BCUT2D eigenvalue weighted by Gasteiger charge is -2.15. The smallest absolute Gasteiger partial charge is 0.191 e. The second-order valence-corrected chi connectivity index (χ2v) is 6.35. The number of hydrogen-bond donors (Lipinski definition) is 2. The van der Waals surface area contributed by atoms with Crippen molar-refractivity contribution >= 4 is 29.9 Å². The van der Waals surface area contributed by atoms with Crippen molar-refractivity contribution in [3.8, 4) is 11.5 Å². The number of aliphatic imine (C=N–C) groups is 1. The number of hydrogen-bond acceptors (Lipinski definition) is 4. The normalized spacial score (nSPS) is 10.8. The van der Waals surface area contributed by atoms with Crippen LogP contribution in [0.4, 0.5) is 0 Å². The number of nitrogens with one attached hydrogen (secondary N) is 2. The Balaban J connectivity index is 0.00000320. The maximum atomic E-state index is 5.73. The molecular weight excluding hydrogens is 493 g/mol. The zero-order chi connectivity index (χ0) is 20.3. The lowest BCUT2D eigenvalue weighted by Crippen LogP contribution is -2.39. The number of halogens is 1. The molecule has 0 saturated carbocycles. The van der Waals surface area contributed by atoms with E-state index in [1.54, 1.807) is 20.4 Å². The Labute approximate surface area is 194 Å². The quantitative estimate of drug-likeness (QED) is 0.196. The fourth-order valence-corrected chi connectivity index (χ4v) is 2.86. The molecule has 0 aliphatic heterocycles. The molecule has 0 saturated heterocycles. The van der Waals surface area contributed by atoms with Crippen LogP contribution >= 0.6 is 24.0 Å². The average molecular weight is 521 g/mol. The van der Waals surface area contributed by atoms with E-state index in [0.29, 0.717) is 19.7 Å². The summed E-state index contributed by atoms with van der Waals surface area (Å²) in [5.74, 6) is 2.35. The van der Waals surface area contributed by atoms with Gasteiger partial charge >= 0.3 is 0 Å². The summed E-state index contributed by atoms with van der Waals surface area (Å²) in [4.78, 5) is 4.28. The summed E-state index contributed by atoms with van der Waals surface area (Å²) < 4.78 is 12.8. The van der Waals surface area contributed by atoms with Gasteiger partial charge in [0.15, 0.2) is 5.96 Å². The molecule has 0 unspecified atom stereocenters. The van der Waals surface area contributed by atoms with E-state index in [-0.39, 0.29) is 24.0 Å². The van der Waals surface area contributed by atoms with Crippen LogP contribution < -0.4 is 20.1 Å². The summed E-state index contributed by atoms with van der Waals surface area (Å²) in [6.07, 6.45) is 3.76. The fourth-order valence-electron chi connectivity index (χ4n) is 2.86. The zero-order valence-electron chi connectivity index (χ0n) is 17.2. The topological polar surface area (TPSA) is 72.7 Å². The highest BCUT2D eigenvalue weighted by Gasteiger charge is 2.05. The van der Waals surface area contributed by atoms with Crippen molar-refractivity contribution in [3.63, 3.8) is 0 Å². The standard InChI is InChI=1S/C22H27N5O2.HI/c1-23-22(24-13-15-29-21-10-8-20(28-2)9-11-21)25-16-18-6-3-4-7-19(18)17-27-14-5-12-26-27;/h3-12,14H,13,15-17H2,1-2H3,(H2,23,24,25);1H. The largest absolute Gasteiger partial charge is 0.497 e. The molecule has 2 N–H and O–H groups in total. The predicted molar refractivity (Wildman–Crippen MR) is 130 cm³/mol. The molecule has 1 aromatic heterocycles. The van der Waals surface area contributed by atoms with Gasteiger partial charge in [-0.3, -0.25) is 9.67 Å². The van der Waals surface area contributed by atoms with E-state index in [4.69, 9.17) is 9.47 Å². The fraction of sp³-hybridized carbons (Fsp3) is 0.273. The van der Waals surface area contributed by atoms with Crippen LogP contribution in [0.3, 0.4) is 0 Å². The van der Waals surface area contributed by atoms with Crippen molar-refractivity contribution in [2.24, 2.45) is 4.99 Å². The van der Waals surface area contributed by atoms with Crippen LogP contribution in [0.25, 0.3) is 0 Å². The summed E-state index contributed by atoms with van der Waals surface area (Å²) in [5.41, 5.74) is 2.43. The molecule has 160 valence electrons. The Bertz CT molecular complexity index is 898. The molecule has 2 aromatic carbocycles. The van der Waals surface area contributed by atoms with Gasteiger partial charge in [0.2, 0.25) is 0 Å². The van der Waals surface area contributed by atoms with Crippen molar-refractivity contribution in [2.75, 3.05) is 27.3 Å². The number of benzene rings is 2. The average Bonchev–Trinajstić information content (AvgIpc) is 3.28. The predicted octanol–water partition coefficient (Wildman–Crippen LogP) is 3.30. The van der Waals surface area contributed by atoms with Crippen LogP contribution in [0.1, 0.15) is 11.1 Å². The minimum absolute atomic E-state index is 0. The van der Waals surface area contributed by atoms with Gasteiger partial charge in [-0.25, -0.2) is 0 Å². The number of guanidine groups is 1. The van der Waals surface area contributed by atoms with Gasteiger partial charge in [-0.2, -0.15) is 5.10 Å². The molecule has 30 heavy (non-hydrogen) atoms. The third-order valence-corrected chi connectivity index (χ3v) is 4.40. The van der Waals surface area contributed by atoms with E-state index >= 15 is 0 Å². The number of methoxy groups -OCH3 is 1. The van der Waals surface area contributed by atoms with Crippen molar-refractivity contribution in [2.45, 2.75) is 13.1 Å². The first-order valence-corrected chi connectivity index (χ1v) is 9.54. The van der Waals surface area contributed by atoms with E-state index in [1.807, 2.05) is 53.3 Å². The van der Waals surface area contributed by atoms with E-state index in [2.05, 4.69) is 32.9 Å². The molecule has 0 bridgehead atoms. The minimum atomic E-state index is 0. The molecule has 8 heteroatoms. The molecule has 0 aliphatic rings. The molecule has 1 heterocycles. The second kappa shape index (κ2) is 12.7. The zero-order valence-corrected chi connectivity index (χ0v) is 19.6. The Morgan fingerprint density at radius 1 is 1.00 bits per heavy atom. The van der Waals surface area contributed by atoms with E-state index in [1.165, 1.54) is 11.1 Å². The van der Waals surface area contributed by atoms with Crippen molar-refractivity contribution in [3.05, 3.63) is 78.1 Å². The summed E-state index contributed by atoms with van der Waals surface area (Å²) in [6.45, 7) is 2.59. The monoisotopic (exact) mass is 521 g/mol. The van der Waals surface area contributed by atoms with Gasteiger partial charge in [-0.1, -0.05) is 24.3 Å². The first kappa shape index (κ1) is 23.5. The third-order valence-electron chi connectivity index (χ3n) is 4.40.